The number of fused-ring (bicyclic) bond motifs is 1. The number of ketones is 1. The van der Waals surface area contributed by atoms with Gasteiger partial charge in [-0.15, -0.1) is 12.8 Å². The van der Waals surface area contributed by atoms with Gasteiger partial charge in [0.2, 0.25) is 6.41 Å². The Morgan fingerprint density at radius 3 is 2.37 bits per heavy atom. The summed E-state index contributed by atoms with van der Waals surface area (Å²) in [7, 11) is 3.22. The van der Waals surface area contributed by atoms with Crippen molar-refractivity contribution in [3.8, 4) is 18.6 Å². The molecule has 0 bridgehead atoms. The van der Waals surface area contributed by atoms with E-state index in [0.29, 0.717) is 31.6 Å². The Kier molecular flexibility index (Phi) is 18.3. The Labute approximate surface area is 247 Å². The number of carbonyl (C=O) groups is 2. The van der Waals surface area contributed by atoms with E-state index in [1.807, 2.05) is 26.0 Å². The summed E-state index contributed by atoms with van der Waals surface area (Å²) in [5.74, 6) is 1.12. The monoisotopic (exact) mass is 568 g/mol. The van der Waals surface area contributed by atoms with Crippen LogP contribution in [0.25, 0.3) is 10.9 Å². The molecule has 1 aromatic heterocycles. The van der Waals surface area contributed by atoms with E-state index in [1.165, 1.54) is 38.8 Å². The van der Waals surface area contributed by atoms with E-state index >= 15 is 0 Å². The van der Waals surface area contributed by atoms with Gasteiger partial charge in [-0.25, -0.2) is 0 Å². The molecule has 1 aromatic carbocycles. The Hall–Kier alpha value is -2.99. The molecule has 2 aliphatic rings. The number of carbonyl (C=O) groups excluding carboxylic acids is 2. The number of methoxy groups -OCH3 is 1. The molecule has 4 N–H and O–H groups in total. The lowest BCUT2D eigenvalue weighted by Crippen LogP contribution is -2.28. The van der Waals surface area contributed by atoms with Crippen LogP contribution in [-0.2, 0) is 20.9 Å². The third-order valence-electron chi connectivity index (χ3n) is 7.51. The number of rotatable bonds is 13. The second kappa shape index (κ2) is 20.8. The van der Waals surface area contributed by atoms with Crippen LogP contribution in [0.1, 0.15) is 88.8 Å². The lowest BCUT2D eigenvalue weighted by molar-refractivity contribution is -0.118. The van der Waals surface area contributed by atoms with Crippen LogP contribution in [-0.4, -0.2) is 50.7 Å². The van der Waals surface area contributed by atoms with Crippen LogP contribution in [0.2, 0.25) is 0 Å². The van der Waals surface area contributed by atoms with Gasteiger partial charge in [-0.05, 0) is 82.5 Å². The van der Waals surface area contributed by atoms with Gasteiger partial charge in [0.15, 0.2) is 0 Å². The van der Waals surface area contributed by atoms with E-state index in [0.717, 1.165) is 65.4 Å². The number of pyridine rings is 1. The van der Waals surface area contributed by atoms with Crippen LogP contribution >= 0.6 is 0 Å². The second-order valence-electron chi connectivity index (χ2n) is 10.7. The molecule has 0 radical (unpaired) electrons. The third-order valence-corrected chi connectivity index (χ3v) is 7.51. The first kappa shape index (κ1) is 36.0. The van der Waals surface area contributed by atoms with Crippen LogP contribution in [0, 0.1) is 25.2 Å². The van der Waals surface area contributed by atoms with E-state index in [1.54, 1.807) is 14.2 Å². The van der Waals surface area contributed by atoms with Crippen molar-refractivity contribution in [1.29, 1.82) is 0 Å². The van der Waals surface area contributed by atoms with E-state index < -0.39 is 0 Å². The number of nitrogens with one attached hydrogen (secondary N) is 2. The fourth-order valence-electron chi connectivity index (χ4n) is 4.72. The number of aromatic nitrogens is 1. The summed E-state index contributed by atoms with van der Waals surface area (Å²) in [5, 5.41) is 6.70. The zero-order chi connectivity index (χ0) is 30.5. The fourth-order valence-corrected chi connectivity index (χ4v) is 4.72. The summed E-state index contributed by atoms with van der Waals surface area (Å²) in [6.45, 7) is 6.86. The van der Waals surface area contributed by atoms with Crippen molar-refractivity contribution in [3.05, 3.63) is 35.5 Å². The number of aryl methyl sites for hydroxylation is 1. The van der Waals surface area contributed by atoms with Crippen LogP contribution in [0.3, 0.4) is 0 Å². The highest BCUT2D eigenvalue weighted by Crippen LogP contribution is 2.52. The van der Waals surface area contributed by atoms with Gasteiger partial charge < -0.3 is 25.8 Å². The SMILES string of the molecule is C#C.C1CC2(CCN1)CC2.CCC(=O)CCCCCCC(N)OCc1cc2ccc(C)nc2cc1OC.CNC=O. The Morgan fingerprint density at radius 2 is 1.80 bits per heavy atom. The second-order valence-corrected chi connectivity index (χ2v) is 10.7. The number of nitrogens with two attached hydrogens (primary N) is 1. The van der Waals surface area contributed by atoms with Crippen molar-refractivity contribution in [3.63, 3.8) is 0 Å². The molecule has 2 aromatic rings. The number of hydrogen-bond donors (Lipinski definition) is 3. The maximum absolute atomic E-state index is 11.3. The first-order valence-electron chi connectivity index (χ1n) is 14.8. The van der Waals surface area contributed by atoms with Gasteiger partial charge in [0.1, 0.15) is 17.8 Å². The molecule has 8 heteroatoms. The van der Waals surface area contributed by atoms with Gasteiger partial charge in [-0.2, -0.15) is 0 Å². The lowest BCUT2D eigenvalue weighted by Gasteiger charge is -2.20. The number of Topliss-reactive ketones (excluding diaryl/α,β-unsaturated/α-hetero) is 1. The molecule has 1 saturated heterocycles. The molecule has 41 heavy (non-hydrogen) atoms. The minimum absolute atomic E-state index is 0.293. The van der Waals surface area contributed by atoms with Gasteiger partial charge in [0.05, 0.1) is 19.2 Å². The highest BCUT2D eigenvalue weighted by molar-refractivity contribution is 5.81. The largest absolute Gasteiger partial charge is 0.496 e. The molecule has 2 heterocycles. The predicted octanol–water partition coefficient (Wildman–Crippen LogP) is 5.43. The summed E-state index contributed by atoms with van der Waals surface area (Å²) in [5.41, 5.74) is 9.84. The molecule has 1 aliphatic heterocycles. The number of unbranched alkanes of at least 4 members (excludes halogenated alkanes) is 3. The third kappa shape index (κ3) is 14.5. The molecular formula is C33H52N4O4. The first-order chi connectivity index (χ1) is 19.9. The average molecular weight is 569 g/mol. The minimum atomic E-state index is -0.293. The summed E-state index contributed by atoms with van der Waals surface area (Å²) in [4.78, 5) is 24.9. The molecule has 1 unspecified atom stereocenters. The summed E-state index contributed by atoms with van der Waals surface area (Å²) in [6, 6.07) is 8.06. The highest BCUT2D eigenvalue weighted by Gasteiger charge is 2.42. The summed E-state index contributed by atoms with van der Waals surface area (Å²) >= 11 is 0. The summed E-state index contributed by atoms with van der Waals surface area (Å²) in [6.07, 6.45) is 20.6. The van der Waals surface area contributed by atoms with Crippen LogP contribution in [0.15, 0.2) is 24.3 Å². The molecule has 8 nitrogen and oxygen atoms in total. The quantitative estimate of drug-likeness (QED) is 0.128. The first-order valence-corrected chi connectivity index (χ1v) is 14.8. The normalized spacial score (nSPS) is 15.1. The maximum atomic E-state index is 11.3. The number of benzene rings is 1. The molecule has 4 rings (SSSR count). The van der Waals surface area contributed by atoms with Gasteiger partial charge in [0, 0.05) is 42.6 Å². The zero-order valence-corrected chi connectivity index (χ0v) is 25.7. The number of piperidine rings is 1. The number of nitrogens with zero attached hydrogens (tertiary/aromatic N) is 1. The fraction of sp³-hybridized carbons (Fsp3) is 0.606. The maximum Gasteiger partial charge on any atom is 0.206 e. The molecule has 228 valence electrons. The van der Waals surface area contributed by atoms with Crippen molar-refractivity contribution >= 4 is 23.1 Å². The van der Waals surface area contributed by atoms with Crippen molar-refractivity contribution in [2.75, 3.05) is 27.2 Å². The number of ether oxygens (including phenoxy) is 2. The molecule has 2 fully saturated rings. The predicted molar refractivity (Wildman–Crippen MR) is 168 cm³/mol. The molecule has 1 saturated carbocycles. The smallest absolute Gasteiger partial charge is 0.206 e. The molecule has 1 aliphatic carbocycles. The molecular weight excluding hydrogens is 516 g/mol. The van der Waals surface area contributed by atoms with Gasteiger partial charge in [-0.1, -0.05) is 25.8 Å². The Balaban J connectivity index is 0.000000488. The Bertz CT molecular complexity index is 1040. The molecule has 1 amide bonds. The number of hydrogen-bond acceptors (Lipinski definition) is 7. The van der Waals surface area contributed by atoms with Gasteiger partial charge in [0.25, 0.3) is 0 Å². The average Bonchev–Trinajstić information content (AvgIpc) is 3.76. The van der Waals surface area contributed by atoms with E-state index in [2.05, 4.69) is 40.6 Å². The minimum Gasteiger partial charge on any atom is -0.496 e. The van der Waals surface area contributed by atoms with Crippen LogP contribution in [0.4, 0.5) is 0 Å². The standard InChI is InChI=1S/C22H32N2O3.C7H13N.C2H5NO.C2H2/c1-4-19(25)9-7-5-6-8-10-22(23)27-15-18-13-17-12-11-16(2)24-20(17)14-21(18)26-3;1-2-7(1)3-5-8-6-4-7;1-3-2-4;1-2/h11-14,22H,4-10,15,23H2,1-3H3;8H,1-6H2;2H,1H3,(H,3,4);1-2H. The molecule has 1 atom stereocenters. The lowest BCUT2D eigenvalue weighted by atomic mass is 9.95. The van der Waals surface area contributed by atoms with Crippen molar-refractivity contribution in [2.24, 2.45) is 11.1 Å². The number of amides is 1. The highest BCUT2D eigenvalue weighted by atomic mass is 16.5. The van der Waals surface area contributed by atoms with Gasteiger partial charge in [-0.3, -0.25) is 14.6 Å². The van der Waals surface area contributed by atoms with E-state index in [4.69, 9.17) is 20.0 Å². The van der Waals surface area contributed by atoms with Crippen LogP contribution in [0.5, 0.6) is 5.75 Å². The van der Waals surface area contributed by atoms with Crippen molar-refractivity contribution < 1.29 is 19.1 Å². The van der Waals surface area contributed by atoms with E-state index in [-0.39, 0.29) is 6.23 Å². The van der Waals surface area contributed by atoms with Crippen molar-refractivity contribution in [1.82, 2.24) is 15.6 Å². The Morgan fingerprint density at radius 1 is 1.15 bits per heavy atom. The van der Waals surface area contributed by atoms with Gasteiger partial charge >= 0.3 is 0 Å². The number of terminal acetylenes is 1. The van der Waals surface area contributed by atoms with Crippen LogP contribution < -0.4 is 21.1 Å². The van der Waals surface area contributed by atoms with E-state index in [9.17, 15) is 4.79 Å². The topological polar surface area (TPSA) is 116 Å². The molecule has 1 spiro atoms. The summed E-state index contributed by atoms with van der Waals surface area (Å²) < 4.78 is 11.3. The van der Waals surface area contributed by atoms with Crippen molar-refractivity contribution in [2.45, 2.75) is 97.3 Å². The zero-order valence-electron chi connectivity index (χ0n) is 25.7.